The summed E-state index contributed by atoms with van der Waals surface area (Å²) in [5.74, 6) is 0.890. The lowest BCUT2D eigenvalue weighted by molar-refractivity contribution is -0.201. The average molecular weight is 279 g/mol. The maximum absolute atomic E-state index is 12.2. The van der Waals surface area contributed by atoms with Crippen LogP contribution in [0.25, 0.3) is 0 Å². The van der Waals surface area contributed by atoms with E-state index in [1.807, 2.05) is 0 Å². The van der Waals surface area contributed by atoms with Gasteiger partial charge in [-0.3, -0.25) is 4.99 Å². The highest BCUT2D eigenvalue weighted by Gasteiger charge is 2.38. The minimum absolute atomic E-state index is 0.236. The molecule has 0 fully saturated rings. The van der Waals surface area contributed by atoms with Crippen LogP contribution in [-0.4, -0.2) is 48.9 Å². The maximum atomic E-state index is 12.2. The van der Waals surface area contributed by atoms with Crippen LogP contribution >= 0.6 is 0 Å². The summed E-state index contributed by atoms with van der Waals surface area (Å²) < 4.78 is 41.6. The van der Waals surface area contributed by atoms with Gasteiger partial charge in [-0.2, -0.15) is 13.2 Å². The second-order valence-corrected chi connectivity index (χ2v) is 3.92. The van der Waals surface area contributed by atoms with E-state index in [-0.39, 0.29) is 5.96 Å². The minimum atomic E-state index is -4.65. The third-order valence-corrected chi connectivity index (χ3v) is 2.38. The summed E-state index contributed by atoms with van der Waals surface area (Å²) in [6, 6.07) is 3.46. The Bertz CT molecular complexity index is 404. The van der Waals surface area contributed by atoms with Crippen molar-refractivity contribution < 1.29 is 22.7 Å². The van der Waals surface area contributed by atoms with Gasteiger partial charge in [0.25, 0.3) is 0 Å². The van der Waals surface area contributed by atoms with Crippen LogP contribution < -0.4 is 5.32 Å². The highest BCUT2D eigenvalue weighted by molar-refractivity contribution is 5.79. The van der Waals surface area contributed by atoms with Crippen LogP contribution in [0.3, 0.4) is 0 Å². The van der Waals surface area contributed by atoms with Crippen molar-refractivity contribution in [2.45, 2.75) is 18.8 Å². The number of aliphatic hydroxyl groups excluding tert-OH is 1. The molecule has 0 radical (unpaired) electrons. The molecule has 8 heteroatoms. The number of rotatable bonds is 4. The predicted molar refractivity (Wildman–Crippen MR) is 63.6 cm³/mol. The molecule has 1 unspecified atom stereocenters. The summed E-state index contributed by atoms with van der Waals surface area (Å²) in [5, 5.41) is 11.3. The molecular formula is C11H16F3N3O2. The Morgan fingerprint density at radius 3 is 2.74 bits per heavy atom. The number of furan rings is 1. The summed E-state index contributed by atoms with van der Waals surface area (Å²) in [6.07, 6.45) is -5.57. The minimum Gasteiger partial charge on any atom is -0.467 e. The van der Waals surface area contributed by atoms with Crippen molar-refractivity contribution in [3.8, 4) is 0 Å². The molecule has 0 aromatic carbocycles. The fourth-order valence-corrected chi connectivity index (χ4v) is 1.40. The molecule has 0 aliphatic carbocycles. The average Bonchev–Trinajstić information content (AvgIpc) is 2.81. The zero-order valence-corrected chi connectivity index (χ0v) is 10.6. The fourth-order valence-electron chi connectivity index (χ4n) is 1.40. The first-order valence-corrected chi connectivity index (χ1v) is 5.53. The number of hydrogen-bond acceptors (Lipinski definition) is 3. The van der Waals surface area contributed by atoms with Crippen LogP contribution in [0, 0.1) is 0 Å². The van der Waals surface area contributed by atoms with Gasteiger partial charge in [-0.15, -0.1) is 0 Å². The fraction of sp³-hybridized carbons (Fsp3) is 0.545. The smallest absolute Gasteiger partial charge is 0.416 e. The van der Waals surface area contributed by atoms with Crippen molar-refractivity contribution in [3.05, 3.63) is 24.2 Å². The molecule has 1 atom stereocenters. The summed E-state index contributed by atoms with van der Waals surface area (Å²) in [5.41, 5.74) is 0. The number of halogens is 3. The Morgan fingerprint density at radius 2 is 2.26 bits per heavy atom. The van der Waals surface area contributed by atoms with Crippen molar-refractivity contribution in [2.75, 3.05) is 20.6 Å². The number of guanidine groups is 1. The largest absolute Gasteiger partial charge is 0.467 e. The van der Waals surface area contributed by atoms with E-state index in [0.717, 1.165) is 0 Å². The van der Waals surface area contributed by atoms with E-state index in [2.05, 4.69) is 10.3 Å². The highest BCUT2D eigenvalue weighted by atomic mass is 19.4. The van der Waals surface area contributed by atoms with Gasteiger partial charge in [-0.25, -0.2) is 0 Å². The third kappa shape index (κ3) is 4.82. The van der Waals surface area contributed by atoms with E-state index in [1.54, 1.807) is 24.1 Å². The van der Waals surface area contributed by atoms with Gasteiger partial charge in [0.15, 0.2) is 12.1 Å². The Morgan fingerprint density at radius 1 is 1.58 bits per heavy atom. The first kappa shape index (κ1) is 15.4. The molecule has 0 bridgehead atoms. The van der Waals surface area contributed by atoms with Gasteiger partial charge in [0.1, 0.15) is 5.76 Å². The summed E-state index contributed by atoms with van der Waals surface area (Å²) in [4.78, 5) is 5.42. The van der Waals surface area contributed by atoms with Crippen LogP contribution in [0.5, 0.6) is 0 Å². The Labute approximate surface area is 108 Å². The Balaban J connectivity index is 2.50. The molecule has 1 heterocycles. The standard InChI is InChI=1S/C11H16F3N3O2/c1-15-10(16-6-9(18)11(12,13)14)17(2)7-8-4-3-5-19-8/h3-5,9,18H,6-7H2,1-2H3,(H,15,16). The molecule has 0 aliphatic rings. The number of aliphatic hydroxyl groups is 1. The first-order chi connectivity index (χ1) is 8.84. The number of nitrogens with one attached hydrogen (secondary N) is 1. The number of aliphatic imine (C=N–C) groups is 1. The number of hydrogen-bond donors (Lipinski definition) is 2. The van der Waals surface area contributed by atoms with Crippen molar-refractivity contribution in [1.29, 1.82) is 0 Å². The van der Waals surface area contributed by atoms with Gasteiger partial charge >= 0.3 is 6.18 Å². The zero-order chi connectivity index (χ0) is 14.5. The molecule has 0 saturated carbocycles. The topological polar surface area (TPSA) is 61.0 Å². The van der Waals surface area contributed by atoms with Crippen LogP contribution in [0.1, 0.15) is 5.76 Å². The zero-order valence-electron chi connectivity index (χ0n) is 10.6. The van der Waals surface area contributed by atoms with E-state index in [9.17, 15) is 13.2 Å². The van der Waals surface area contributed by atoms with Gasteiger partial charge in [0, 0.05) is 14.1 Å². The van der Waals surface area contributed by atoms with E-state index in [4.69, 9.17) is 9.52 Å². The molecule has 1 aromatic heterocycles. The van der Waals surface area contributed by atoms with Crippen LogP contribution in [0.4, 0.5) is 13.2 Å². The monoisotopic (exact) mass is 279 g/mol. The van der Waals surface area contributed by atoms with Gasteiger partial charge in [-0.05, 0) is 12.1 Å². The lowest BCUT2D eigenvalue weighted by Gasteiger charge is -2.23. The molecule has 5 nitrogen and oxygen atoms in total. The third-order valence-electron chi connectivity index (χ3n) is 2.38. The second kappa shape index (κ2) is 6.46. The molecule has 0 amide bonds. The molecule has 1 aromatic rings. The molecule has 2 N–H and O–H groups in total. The van der Waals surface area contributed by atoms with Crippen molar-refractivity contribution in [2.24, 2.45) is 4.99 Å². The first-order valence-electron chi connectivity index (χ1n) is 5.53. The molecular weight excluding hydrogens is 263 g/mol. The normalized spacial score (nSPS) is 14.3. The summed E-state index contributed by atoms with van der Waals surface area (Å²) >= 11 is 0. The van der Waals surface area contributed by atoms with Gasteiger partial charge < -0.3 is 19.7 Å². The van der Waals surface area contributed by atoms with Gasteiger partial charge in [0.05, 0.1) is 19.4 Å². The van der Waals surface area contributed by atoms with Crippen molar-refractivity contribution >= 4 is 5.96 Å². The number of nitrogens with zero attached hydrogens (tertiary/aromatic N) is 2. The van der Waals surface area contributed by atoms with Crippen molar-refractivity contribution in [3.63, 3.8) is 0 Å². The lowest BCUT2D eigenvalue weighted by atomic mass is 10.3. The van der Waals surface area contributed by atoms with E-state index < -0.39 is 18.8 Å². The molecule has 108 valence electrons. The summed E-state index contributed by atoms with van der Waals surface area (Å²) in [7, 11) is 3.10. The molecule has 1 rings (SSSR count). The number of alkyl halides is 3. The second-order valence-electron chi connectivity index (χ2n) is 3.92. The summed E-state index contributed by atoms with van der Waals surface area (Å²) in [6.45, 7) is -0.298. The quantitative estimate of drug-likeness (QED) is 0.642. The van der Waals surface area contributed by atoms with E-state index in [0.29, 0.717) is 12.3 Å². The van der Waals surface area contributed by atoms with Crippen LogP contribution in [0.2, 0.25) is 0 Å². The van der Waals surface area contributed by atoms with E-state index in [1.165, 1.54) is 13.3 Å². The van der Waals surface area contributed by atoms with Crippen molar-refractivity contribution in [1.82, 2.24) is 10.2 Å². The van der Waals surface area contributed by atoms with Gasteiger partial charge in [-0.1, -0.05) is 0 Å². The van der Waals surface area contributed by atoms with Gasteiger partial charge in [0.2, 0.25) is 0 Å². The molecule has 19 heavy (non-hydrogen) atoms. The SMILES string of the molecule is CN=C(NCC(O)C(F)(F)F)N(C)Cc1ccco1. The lowest BCUT2D eigenvalue weighted by Crippen LogP contribution is -2.45. The van der Waals surface area contributed by atoms with Crippen LogP contribution in [0.15, 0.2) is 27.8 Å². The van der Waals surface area contributed by atoms with E-state index >= 15 is 0 Å². The van der Waals surface area contributed by atoms with Crippen LogP contribution in [-0.2, 0) is 6.54 Å². The Hall–Kier alpha value is -1.70. The molecule has 0 spiro atoms. The Kier molecular flexibility index (Phi) is 5.22. The predicted octanol–water partition coefficient (Wildman–Crippen LogP) is 1.21. The molecule has 0 saturated heterocycles. The highest BCUT2D eigenvalue weighted by Crippen LogP contribution is 2.19. The molecule has 0 aliphatic heterocycles. The maximum Gasteiger partial charge on any atom is 0.416 e.